The third kappa shape index (κ3) is 2.77. The highest BCUT2D eigenvalue weighted by Crippen LogP contribution is 2.15. The minimum atomic E-state index is -3.49. The van der Waals surface area contributed by atoms with Gasteiger partial charge in [0.05, 0.1) is 25.6 Å². The van der Waals surface area contributed by atoms with Gasteiger partial charge < -0.3 is 10.1 Å². The Balaban J connectivity index is 2.18. The fourth-order valence-electron chi connectivity index (χ4n) is 1.63. The summed E-state index contributed by atoms with van der Waals surface area (Å²) in [7, 11) is -3.49. The minimum absolute atomic E-state index is 0.117. The van der Waals surface area contributed by atoms with Crippen LogP contribution in [-0.4, -0.2) is 55.5 Å². The van der Waals surface area contributed by atoms with E-state index in [0.29, 0.717) is 38.8 Å². The molecule has 18 heavy (non-hydrogen) atoms. The Hall–Kier alpha value is -1.25. The largest absolute Gasteiger partial charge is 0.379 e. The molecule has 0 spiro atoms. The number of aromatic nitrogens is 2. The number of rotatable bonds is 4. The van der Waals surface area contributed by atoms with Crippen molar-refractivity contribution in [1.29, 1.82) is 0 Å². The molecule has 0 bridgehead atoms. The predicted octanol–water partition coefficient (Wildman–Crippen LogP) is -0.0707. The van der Waals surface area contributed by atoms with Crippen LogP contribution in [0.3, 0.4) is 0 Å². The highest BCUT2D eigenvalue weighted by Gasteiger charge is 2.26. The predicted molar refractivity (Wildman–Crippen MR) is 65.8 cm³/mol. The summed E-state index contributed by atoms with van der Waals surface area (Å²) in [6, 6.07) is 0. The van der Waals surface area contributed by atoms with E-state index in [9.17, 15) is 8.42 Å². The third-order valence-electron chi connectivity index (χ3n) is 2.57. The van der Waals surface area contributed by atoms with Crippen LogP contribution in [0, 0.1) is 0 Å². The molecule has 1 fully saturated rings. The molecule has 2 rings (SSSR count). The Morgan fingerprint density at radius 1 is 1.33 bits per heavy atom. The topological polar surface area (TPSA) is 84.4 Å². The summed E-state index contributed by atoms with van der Waals surface area (Å²) in [6.45, 7) is 4.21. The van der Waals surface area contributed by atoms with Gasteiger partial charge in [0, 0.05) is 19.6 Å². The van der Waals surface area contributed by atoms with Gasteiger partial charge in [-0.1, -0.05) is 0 Å². The maximum atomic E-state index is 12.2. The molecule has 1 aromatic rings. The first-order chi connectivity index (χ1) is 8.64. The van der Waals surface area contributed by atoms with E-state index in [1.54, 1.807) is 0 Å². The molecule has 1 aliphatic rings. The van der Waals surface area contributed by atoms with Crippen molar-refractivity contribution >= 4 is 16.0 Å². The number of nitrogens with zero attached hydrogens (tertiary/aromatic N) is 3. The Bertz CT molecular complexity index is 482. The van der Waals surface area contributed by atoms with Crippen molar-refractivity contribution in [3.8, 4) is 0 Å². The molecule has 1 N–H and O–H groups in total. The van der Waals surface area contributed by atoms with Crippen LogP contribution in [0.4, 0.5) is 5.95 Å². The zero-order valence-corrected chi connectivity index (χ0v) is 11.0. The summed E-state index contributed by atoms with van der Waals surface area (Å²) in [5.74, 6) is 0.429. The molecule has 1 aliphatic heterocycles. The summed E-state index contributed by atoms with van der Waals surface area (Å²) in [5.41, 5.74) is 0. The second-order valence-electron chi connectivity index (χ2n) is 3.79. The van der Waals surface area contributed by atoms with Gasteiger partial charge in [0.1, 0.15) is 4.90 Å². The van der Waals surface area contributed by atoms with E-state index in [0.717, 1.165) is 0 Å². The van der Waals surface area contributed by atoms with Crippen LogP contribution in [-0.2, 0) is 14.8 Å². The molecule has 0 saturated carbocycles. The Morgan fingerprint density at radius 2 is 1.94 bits per heavy atom. The summed E-state index contributed by atoms with van der Waals surface area (Å²) in [5, 5.41) is 2.92. The number of sulfonamides is 1. The number of hydrogen-bond acceptors (Lipinski definition) is 6. The molecule has 1 aromatic heterocycles. The highest BCUT2D eigenvalue weighted by molar-refractivity contribution is 7.89. The van der Waals surface area contributed by atoms with Crippen molar-refractivity contribution in [2.45, 2.75) is 11.8 Å². The maximum absolute atomic E-state index is 12.2. The molecule has 2 heterocycles. The first kappa shape index (κ1) is 13.2. The SMILES string of the molecule is CCNc1ncc(S(=O)(=O)N2CCOCC2)cn1. The van der Waals surface area contributed by atoms with Crippen LogP contribution in [0.2, 0.25) is 0 Å². The summed E-state index contributed by atoms with van der Waals surface area (Å²) in [4.78, 5) is 8.06. The van der Waals surface area contributed by atoms with E-state index in [4.69, 9.17) is 4.74 Å². The minimum Gasteiger partial charge on any atom is -0.379 e. The molecule has 0 amide bonds. The van der Waals surface area contributed by atoms with Gasteiger partial charge in [0.15, 0.2) is 0 Å². The third-order valence-corrected chi connectivity index (χ3v) is 4.42. The molecule has 1 saturated heterocycles. The summed E-state index contributed by atoms with van der Waals surface area (Å²) >= 11 is 0. The monoisotopic (exact) mass is 272 g/mol. The smallest absolute Gasteiger partial charge is 0.246 e. The number of hydrogen-bond donors (Lipinski definition) is 1. The number of ether oxygens (including phenoxy) is 1. The molecule has 100 valence electrons. The second-order valence-corrected chi connectivity index (χ2v) is 5.73. The maximum Gasteiger partial charge on any atom is 0.246 e. The molecular formula is C10H16N4O3S. The average Bonchev–Trinajstić information content (AvgIpc) is 2.41. The van der Waals surface area contributed by atoms with E-state index in [1.807, 2.05) is 6.92 Å². The number of morpholine rings is 1. The fraction of sp³-hybridized carbons (Fsp3) is 0.600. The standard InChI is InChI=1S/C10H16N4O3S/c1-2-11-10-12-7-9(8-13-10)18(15,16)14-3-5-17-6-4-14/h7-8H,2-6H2,1H3,(H,11,12,13). The Morgan fingerprint density at radius 3 is 2.50 bits per heavy atom. The Kier molecular flexibility index (Phi) is 4.10. The van der Waals surface area contributed by atoms with Crippen molar-refractivity contribution in [2.24, 2.45) is 0 Å². The normalized spacial score (nSPS) is 17.6. The summed E-state index contributed by atoms with van der Waals surface area (Å²) < 4.78 is 31.0. The van der Waals surface area contributed by atoms with Crippen LogP contribution >= 0.6 is 0 Å². The van der Waals surface area contributed by atoms with Crippen LogP contribution in [0.15, 0.2) is 17.3 Å². The van der Waals surface area contributed by atoms with E-state index in [1.165, 1.54) is 16.7 Å². The van der Waals surface area contributed by atoms with Gasteiger partial charge in [0.2, 0.25) is 16.0 Å². The van der Waals surface area contributed by atoms with E-state index in [-0.39, 0.29) is 4.90 Å². The molecular weight excluding hydrogens is 256 g/mol. The van der Waals surface area contributed by atoms with Crippen molar-refractivity contribution < 1.29 is 13.2 Å². The van der Waals surface area contributed by atoms with E-state index in [2.05, 4.69) is 15.3 Å². The van der Waals surface area contributed by atoms with Gasteiger partial charge in [-0.15, -0.1) is 0 Å². The molecule has 7 nitrogen and oxygen atoms in total. The quantitative estimate of drug-likeness (QED) is 0.826. The lowest BCUT2D eigenvalue weighted by Gasteiger charge is -2.25. The van der Waals surface area contributed by atoms with Crippen molar-refractivity contribution in [3.63, 3.8) is 0 Å². The van der Waals surface area contributed by atoms with Gasteiger partial charge in [0.25, 0.3) is 0 Å². The van der Waals surface area contributed by atoms with Crippen LogP contribution in [0.25, 0.3) is 0 Å². The van der Waals surface area contributed by atoms with Crippen LogP contribution < -0.4 is 5.32 Å². The van der Waals surface area contributed by atoms with Crippen molar-refractivity contribution in [2.75, 3.05) is 38.2 Å². The van der Waals surface area contributed by atoms with Crippen LogP contribution in [0.1, 0.15) is 6.92 Å². The molecule has 0 radical (unpaired) electrons. The highest BCUT2D eigenvalue weighted by atomic mass is 32.2. The first-order valence-electron chi connectivity index (χ1n) is 5.78. The lowest BCUT2D eigenvalue weighted by molar-refractivity contribution is 0.0730. The lowest BCUT2D eigenvalue weighted by atomic mass is 10.5. The number of anilines is 1. The van der Waals surface area contributed by atoms with E-state index >= 15 is 0 Å². The molecule has 0 aliphatic carbocycles. The zero-order chi connectivity index (χ0) is 13.0. The molecule has 8 heteroatoms. The van der Waals surface area contributed by atoms with Gasteiger partial charge in [-0.25, -0.2) is 18.4 Å². The van der Waals surface area contributed by atoms with Gasteiger partial charge in [-0.3, -0.25) is 0 Å². The molecule has 0 atom stereocenters. The van der Waals surface area contributed by atoms with Gasteiger partial charge >= 0.3 is 0 Å². The first-order valence-corrected chi connectivity index (χ1v) is 7.22. The van der Waals surface area contributed by atoms with Gasteiger partial charge in [-0.2, -0.15) is 4.31 Å². The van der Waals surface area contributed by atoms with E-state index < -0.39 is 10.0 Å². The van der Waals surface area contributed by atoms with Gasteiger partial charge in [-0.05, 0) is 6.92 Å². The summed E-state index contributed by atoms with van der Waals surface area (Å²) in [6.07, 6.45) is 2.66. The fourth-order valence-corrected chi connectivity index (χ4v) is 2.93. The molecule has 0 aromatic carbocycles. The number of nitrogens with one attached hydrogen (secondary N) is 1. The molecule has 0 unspecified atom stereocenters. The van der Waals surface area contributed by atoms with Crippen molar-refractivity contribution in [1.82, 2.24) is 14.3 Å². The lowest BCUT2D eigenvalue weighted by Crippen LogP contribution is -2.40. The van der Waals surface area contributed by atoms with Crippen LogP contribution in [0.5, 0.6) is 0 Å². The Labute approximate surface area is 106 Å². The second kappa shape index (κ2) is 5.59. The zero-order valence-electron chi connectivity index (χ0n) is 10.2. The average molecular weight is 272 g/mol. The van der Waals surface area contributed by atoms with Crippen molar-refractivity contribution in [3.05, 3.63) is 12.4 Å².